The van der Waals surface area contributed by atoms with E-state index in [4.69, 9.17) is 0 Å². The zero-order valence-corrected chi connectivity index (χ0v) is 15.8. The number of nitrogens with one attached hydrogen (secondary N) is 2. The second-order valence-corrected chi connectivity index (χ2v) is 7.19. The minimum atomic E-state index is 0.227. The minimum Gasteiger partial charge on any atom is -0.357 e. The molecule has 6 heteroatoms. The average molecular weight is 390 g/mol. The molecule has 5 nitrogen and oxygen atoms in total. The van der Waals surface area contributed by atoms with Gasteiger partial charge in [0.15, 0.2) is 5.96 Å². The summed E-state index contributed by atoms with van der Waals surface area (Å²) in [7, 11) is 1.92. The van der Waals surface area contributed by atoms with Crippen molar-refractivity contribution in [2.24, 2.45) is 12.0 Å². The molecule has 1 aromatic carbocycles. The molecule has 2 aromatic rings. The smallest absolute Gasteiger partial charge is 0.191 e. The normalized spacial score (nSPS) is 16.0. The lowest BCUT2D eigenvalue weighted by Gasteiger charge is -2.20. The molecule has 1 aromatic heterocycles. The van der Waals surface area contributed by atoms with Gasteiger partial charge < -0.3 is 10.6 Å². The number of hydrogen-bond donors (Lipinski definition) is 2. The van der Waals surface area contributed by atoms with E-state index in [0.717, 1.165) is 24.6 Å². The molecular formula is C18H24BrN5. The SMILES string of the molecule is CCNC(=NCc1cnn(C)c1)NCC1(c2ccccc2Br)CC1. The van der Waals surface area contributed by atoms with Gasteiger partial charge in [0.05, 0.1) is 12.7 Å². The summed E-state index contributed by atoms with van der Waals surface area (Å²) < 4.78 is 3.00. The lowest BCUT2D eigenvalue weighted by molar-refractivity contribution is 0.643. The zero-order chi connectivity index (χ0) is 17.0. The van der Waals surface area contributed by atoms with Gasteiger partial charge in [-0.25, -0.2) is 4.99 Å². The average Bonchev–Trinajstić information content (AvgIpc) is 3.25. The van der Waals surface area contributed by atoms with Crippen LogP contribution < -0.4 is 10.6 Å². The first-order chi connectivity index (χ1) is 11.6. The summed E-state index contributed by atoms with van der Waals surface area (Å²) in [5.41, 5.74) is 2.73. The van der Waals surface area contributed by atoms with E-state index in [1.807, 2.05) is 19.4 Å². The maximum atomic E-state index is 4.67. The van der Waals surface area contributed by atoms with Crippen molar-refractivity contribution in [3.63, 3.8) is 0 Å². The molecule has 3 rings (SSSR count). The van der Waals surface area contributed by atoms with Crippen LogP contribution in [-0.2, 0) is 19.0 Å². The molecule has 0 unspecified atom stereocenters. The van der Waals surface area contributed by atoms with Crippen molar-refractivity contribution in [2.45, 2.75) is 31.7 Å². The first-order valence-corrected chi connectivity index (χ1v) is 9.17. The molecular weight excluding hydrogens is 366 g/mol. The summed E-state index contributed by atoms with van der Waals surface area (Å²) in [5.74, 6) is 0.861. The monoisotopic (exact) mass is 389 g/mol. The topological polar surface area (TPSA) is 54.2 Å². The number of aliphatic imine (C=N–C) groups is 1. The highest BCUT2D eigenvalue weighted by molar-refractivity contribution is 9.10. The molecule has 0 atom stereocenters. The largest absolute Gasteiger partial charge is 0.357 e. The highest BCUT2D eigenvalue weighted by Gasteiger charge is 2.45. The van der Waals surface area contributed by atoms with E-state index in [0.29, 0.717) is 6.54 Å². The number of halogens is 1. The molecule has 1 aliphatic carbocycles. The first kappa shape index (κ1) is 17.0. The Labute approximate surface area is 151 Å². The molecule has 2 N–H and O–H groups in total. The Morgan fingerprint density at radius 1 is 1.33 bits per heavy atom. The van der Waals surface area contributed by atoms with Crippen LogP contribution in [0.25, 0.3) is 0 Å². The molecule has 0 saturated heterocycles. The van der Waals surface area contributed by atoms with E-state index >= 15 is 0 Å². The van der Waals surface area contributed by atoms with Gasteiger partial charge in [0.25, 0.3) is 0 Å². The van der Waals surface area contributed by atoms with E-state index in [2.05, 4.69) is 67.8 Å². The van der Waals surface area contributed by atoms with E-state index in [-0.39, 0.29) is 5.41 Å². The molecule has 0 spiro atoms. The summed E-state index contributed by atoms with van der Waals surface area (Å²) in [6.45, 7) is 4.46. The van der Waals surface area contributed by atoms with Crippen LogP contribution in [0.1, 0.15) is 30.9 Å². The van der Waals surface area contributed by atoms with Crippen molar-refractivity contribution >= 4 is 21.9 Å². The third-order valence-corrected chi connectivity index (χ3v) is 5.11. The molecule has 0 bridgehead atoms. The van der Waals surface area contributed by atoms with Crippen molar-refractivity contribution in [3.05, 3.63) is 52.3 Å². The van der Waals surface area contributed by atoms with Gasteiger partial charge in [0, 0.05) is 41.8 Å². The fraction of sp³-hybridized carbons (Fsp3) is 0.444. The van der Waals surface area contributed by atoms with Crippen molar-refractivity contribution < 1.29 is 0 Å². The van der Waals surface area contributed by atoms with Gasteiger partial charge in [0.2, 0.25) is 0 Å². The summed E-state index contributed by atoms with van der Waals surface area (Å²) in [5, 5.41) is 11.0. The van der Waals surface area contributed by atoms with E-state index in [1.54, 1.807) is 4.68 Å². The second kappa shape index (κ2) is 7.38. The quantitative estimate of drug-likeness (QED) is 0.589. The highest BCUT2D eigenvalue weighted by Crippen LogP contribution is 2.49. The number of benzene rings is 1. The van der Waals surface area contributed by atoms with Crippen LogP contribution in [0.5, 0.6) is 0 Å². The van der Waals surface area contributed by atoms with Crippen LogP contribution in [0.4, 0.5) is 0 Å². The standard InChI is InChI=1S/C18H24BrN5/c1-3-20-17(21-10-14-11-23-24(2)12-14)22-13-18(8-9-18)15-6-4-5-7-16(15)19/h4-7,11-12H,3,8-10,13H2,1-2H3,(H2,20,21,22). The summed E-state index contributed by atoms with van der Waals surface area (Å²) in [6, 6.07) is 8.52. The van der Waals surface area contributed by atoms with Crippen molar-refractivity contribution in [1.82, 2.24) is 20.4 Å². The molecule has 0 radical (unpaired) electrons. The minimum absolute atomic E-state index is 0.227. The van der Waals surface area contributed by atoms with Gasteiger partial charge in [0.1, 0.15) is 0 Å². The van der Waals surface area contributed by atoms with Gasteiger partial charge >= 0.3 is 0 Å². The lowest BCUT2D eigenvalue weighted by Crippen LogP contribution is -2.41. The first-order valence-electron chi connectivity index (χ1n) is 8.38. The Morgan fingerprint density at radius 3 is 2.75 bits per heavy atom. The predicted octanol–water partition coefficient (Wildman–Crippen LogP) is 2.97. The third kappa shape index (κ3) is 3.98. The van der Waals surface area contributed by atoms with Crippen molar-refractivity contribution in [1.29, 1.82) is 0 Å². The Morgan fingerprint density at radius 2 is 2.12 bits per heavy atom. The Balaban J connectivity index is 1.65. The molecule has 24 heavy (non-hydrogen) atoms. The summed E-state index contributed by atoms with van der Waals surface area (Å²) in [6.07, 6.45) is 6.28. The van der Waals surface area contributed by atoms with Gasteiger partial charge in [-0.15, -0.1) is 0 Å². The molecule has 0 aliphatic heterocycles. The van der Waals surface area contributed by atoms with E-state index in [1.165, 1.54) is 22.9 Å². The molecule has 1 saturated carbocycles. The van der Waals surface area contributed by atoms with Crippen LogP contribution in [0.2, 0.25) is 0 Å². The molecule has 128 valence electrons. The van der Waals surface area contributed by atoms with Crippen molar-refractivity contribution in [2.75, 3.05) is 13.1 Å². The molecule has 1 heterocycles. The maximum absolute atomic E-state index is 4.67. The maximum Gasteiger partial charge on any atom is 0.191 e. The van der Waals surface area contributed by atoms with Crippen molar-refractivity contribution in [3.8, 4) is 0 Å². The zero-order valence-electron chi connectivity index (χ0n) is 14.2. The van der Waals surface area contributed by atoms with E-state index in [9.17, 15) is 0 Å². The molecule has 1 aliphatic rings. The molecule has 0 amide bonds. The second-order valence-electron chi connectivity index (χ2n) is 6.33. The Kier molecular flexibility index (Phi) is 5.23. The van der Waals surface area contributed by atoms with Gasteiger partial charge in [-0.2, -0.15) is 5.10 Å². The predicted molar refractivity (Wildman–Crippen MR) is 101 cm³/mol. The number of aromatic nitrogens is 2. The van der Waals surface area contributed by atoms with Gasteiger partial charge in [-0.1, -0.05) is 34.1 Å². The Hall–Kier alpha value is -1.82. The third-order valence-electron chi connectivity index (χ3n) is 4.42. The number of guanidine groups is 1. The number of hydrogen-bond acceptors (Lipinski definition) is 2. The Bertz CT molecular complexity index is 718. The van der Waals surface area contributed by atoms with Crippen LogP contribution in [0.15, 0.2) is 46.1 Å². The van der Waals surface area contributed by atoms with E-state index < -0.39 is 0 Å². The van der Waals surface area contributed by atoms with Gasteiger partial charge in [-0.3, -0.25) is 4.68 Å². The number of aryl methyl sites for hydroxylation is 1. The summed E-state index contributed by atoms with van der Waals surface area (Å²) >= 11 is 3.69. The fourth-order valence-electron chi connectivity index (χ4n) is 2.90. The lowest BCUT2D eigenvalue weighted by atomic mass is 9.96. The number of rotatable bonds is 6. The van der Waals surface area contributed by atoms with Crippen LogP contribution >= 0.6 is 15.9 Å². The fourth-order valence-corrected chi connectivity index (χ4v) is 3.61. The van der Waals surface area contributed by atoms with Gasteiger partial charge in [-0.05, 0) is 31.4 Å². The highest BCUT2D eigenvalue weighted by atomic mass is 79.9. The molecule has 1 fully saturated rings. The summed E-state index contributed by atoms with van der Waals surface area (Å²) in [4.78, 5) is 4.67. The van der Waals surface area contributed by atoms with Crippen LogP contribution in [-0.4, -0.2) is 28.8 Å². The van der Waals surface area contributed by atoms with Crippen LogP contribution in [0.3, 0.4) is 0 Å². The van der Waals surface area contributed by atoms with Crippen LogP contribution in [0, 0.1) is 0 Å². The number of nitrogens with zero attached hydrogens (tertiary/aromatic N) is 3.